The Balaban J connectivity index is 2.49. The predicted molar refractivity (Wildman–Crippen MR) is 68.6 cm³/mol. The molecule has 0 amide bonds. The fraction of sp³-hybridized carbons (Fsp3) is 0.417. The molecule has 4 nitrogen and oxygen atoms in total. The molecule has 0 heterocycles. The Bertz CT molecular complexity index is 498. The summed E-state index contributed by atoms with van der Waals surface area (Å²) in [6.45, 7) is 3.74. The van der Waals surface area contributed by atoms with Crippen molar-refractivity contribution in [3.63, 3.8) is 0 Å². The van der Waals surface area contributed by atoms with E-state index in [2.05, 4.69) is 5.32 Å². The first kappa shape index (κ1) is 13.5. The number of nitrogens with one attached hydrogen (secondary N) is 1. The van der Waals surface area contributed by atoms with Crippen molar-refractivity contribution < 1.29 is 8.42 Å². The Morgan fingerprint density at radius 2 is 1.88 bits per heavy atom. The Morgan fingerprint density at radius 1 is 1.29 bits per heavy atom. The number of hydrogen-bond acceptors (Lipinski definition) is 4. The summed E-state index contributed by atoms with van der Waals surface area (Å²) in [5.74, 6) is 0.116. The lowest BCUT2D eigenvalue weighted by atomic mass is 10.2. The van der Waals surface area contributed by atoms with Crippen LogP contribution in [0.4, 0.5) is 5.69 Å². The van der Waals surface area contributed by atoms with E-state index in [1.54, 1.807) is 38.1 Å². The quantitative estimate of drug-likeness (QED) is 0.867. The van der Waals surface area contributed by atoms with Gasteiger partial charge in [0.15, 0.2) is 9.84 Å². The monoisotopic (exact) mass is 252 g/mol. The fourth-order valence-corrected chi connectivity index (χ4v) is 2.09. The number of sulfone groups is 1. The molecule has 0 spiro atoms. The number of anilines is 1. The smallest absolute Gasteiger partial charge is 0.154 e. The van der Waals surface area contributed by atoms with Crippen LogP contribution in [0.15, 0.2) is 24.3 Å². The Hall–Kier alpha value is -1.54. The maximum absolute atomic E-state index is 11.5. The lowest BCUT2D eigenvalue weighted by Gasteiger charge is -2.09. The van der Waals surface area contributed by atoms with E-state index in [9.17, 15) is 8.42 Å². The molecule has 0 aliphatic rings. The lowest BCUT2D eigenvalue weighted by Crippen LogP contribution is -2.22. The van der Waals surface area contributed by atoms with Crippen molar-refractivity contribution in [2.75, 3.05) is 17.6 Å². The zero-order chi connectivity index (χ0) is 12.9. The van der Waals surface area contributed by atoms with Gasteiger partial charge in [0.1, 0.15) is 0 Å². The molecule has 0 unspecified atom stereocenters. The molecule has 1 rings (SSSR count). The Morgan fingerprint density at radius 3 is 2.35 bits per heavy atom. The molecule has 0 atom stereocenters. The van der Waals surface area contributed by atoms with Gasteiger partial charge >= 0.3 is 0 Å². The van der Waals surface area contributed by atoms with Gasteiger partial charge in [0.25, 0.3) is 0 Å². The van der Waals surface area contributed by atoms with Gasteiger partial charge in [-0.05, 0) is 38.1 Å². The summed E-state index contributed by atoms with van der Waals surface area (Å²) >= 11 is 0. The second kappa shape index (κ2) is 5.69. The standard InChI is InChI=1S/C12H16N2O2S/c1-10(2)17(15,16)8-7-14-12-5-3-11(9-13)4-6-12/h3-6,10,14H,7-8H2,1-2H3. The molecule has 0 fully saturated rings. The SMILES string of the molecule is CC(C)S(=O)(=O)CCNc1ccc(C#N)cc1. The molecule has 17 heavy (non-hydrogen) atoms. The van der Waals surface area contributed by atoms with Crippen LogP contribution in [0, 0.1) is 11.3 Å². The molecule has 0 aliphatic carbocycles. The minimum Gasteiger partial charge on any atom is -0.384 e. The van der Waals surface area contributed by atoms with Gasteiger partial charge in [-0.3, -0.25) is 0 Å². The minimum atomic E-state index is -3.00. The fourth-order valence-electron chi connectivity index (χ4n) is 1.24. The third-order valence-corrected chi connectivity index (χ3v) is 4.66. The van der Waals surface area contributed by atoms with E-state index in [1.807, 2.05) is 6.07 Å². The van der Waals surface area contributed by atoms with Crippen LogP contribution in [0.2, 0.25) is 0 Å². The molecule has 5 heteroatoms. The summed E-state index contributed by atoms with van der Waals surface area (Å²) in [7, 11) is -3.00. The Labute approximate surface area is 102 Å². The largest absolute Gasteiger partial charge is 0.384 e. The van der Waals surface area contributed by atoms with Crippen molar-refractivity contribution >= 4 is 15.5 Å². The summed E-state index contributed by atoms with van der Waals surface area (Å²) in [4.78, 5) is 0. The van der Waals surface area contributed by atoms with Crippen LogP contribution in [-0.4, -0.2) is 26.0 Å². The van der Waals surface area contributed by atoms with Crippen molar-refractivity contribution in [3.8, 4) is 6.07 Å². The number of hydrogen-bond donors (Lipinski definition) is 1. The van der Waals surface area contributed by atoms with Crippen molar-refractivity contribution in [2.24, 2.45) is 0 Å². The average molecular weight is 252 g/mol. The van der Waals surface area contributed by atoms with Gasteiger partial charge in [-0.15, -0.1) is 0 Å². The van der Waals surface area contributed by atoms with Gasteiger partial charge in [0, 0.05) is 12.2 Å². The highest BCUT2D eigenvalue weighted by Crippen LogP contribution is 2.09. The summed E-state index contributed by atoms with van der Waals surface area (Å²) in [5, 5.41) is 11.3. The van der Waals surface area contributed by atoms with E-state index in [1.165, 1.54) is 0 Å². The minimum absolute atomic E-state index is 0.116. The summed E-state index contributed by atoms with van der Waals surface area (Å²) in [5.41, 5.74) is 1.41. The van der Waals surface area contributed by atoms with Crippen molar-refractivity contribution in [1.82, 2.24) is 0 Å². The summed E-state index contributed by atoms with van der Waals surface area (Å²) in [6, 6.07) is 8.94. The molecule has 0 radical (unpaired) electrons. The number of nitrogens with zero attached hydrogens (tertiary/aromatic N) is 1. The van der Waals surface area contributed by atoms with E-state index >= 15 is 0 Å². The van der Waals surface area contributed by atoms with Gasteiger partial charge in [-0.25, -0.2) is 8.42 Å². The summed E-state index contributed by atoms with van der Waals surface area (Å²) < 4.78 is 23.1. The van der Waals surface area contributed by atoms with Crippen LogP contribution in [0.25, 0.3) is 0 Å². The van der Waals surface area contributed by atoms with Gasteiger partial charge in [-0.1, -0.05) is 0 Å². The second-order valence-corrected chi connectivity index (χ2v) is 6.71. The van der Waals surface area contributed by atoms with Crippen LogP contribution >= 0.6 is 0 Å². The molecule has 0 bridgehead atoms. The number of nitriles is 1. The summed E-state index contributed by atoms with van der Waals surface area (Å²) in [6.07, 6.45) is 0. The third kappa shape index (κ3) is 4.08. The van der Waals surface area contributed by atoms with Crippen LogP contribution in [0.3, 0.4) is 0 Å². The van der Waals surface area contributed by atoms with Crippen LogP contribution < -0.4 is 5.32 Å². The molecule has 0 aliphatic heterocycles. The predicted octanol–water partition coefficient (Wildman–Crippen LogP) is 1.79. The first-order valence-electron chi connectivity index (χ1n) is 5.41. The molecule has 0 aromatic heterocycles. The topological polar surface area (TPSA) is 70.0 Å². The molecule has 1 aromatic rings. The van der Waals surface area contributed by atoms with Crippen molar-refractivity contribution in [3.05, 3.63) is 29.8 Å². The maximum atomic E-state index is 11.5. The van der Waals surface area contributed by atoms with Crippen molar-refractivity contribution in [1.29, 1.82) is 5.26 Å². The molecular weight excluding hydrogens is 236 g/mol. The highest BCUT2D eigenvalue weighted by atomic mass is 32.2. The normalized spacial score (nSPS) is 11.2. The highest BCUT2D eigenvalue weighted by molar-refractivity contribution is 7.92. The molecule has 92 valence electrons. The molecule has 0 saturated carbocycles. The van der Waals surface area contributed by atoms with E-state index in [4.69, 9.17) is 5.26 Å². The van der Waals surface area contributed by atoms with E-state index < -0.39 is 9.84 Å². The number of rotatable bonds is 5. The molecule has 0 saturated heterocycles. The molecule has 1 N–H and O–H groups in total. The molecular formula is C12H16N2O2S. The maximum Gasteiger partial charge on any atom is 0.154 e. The van der Waals surface area contributed by atoms with Gasteiger partial charge in [0.2, 0.25) is 0 Å². The Kier molecular flexibility index (Phi) is 4.53. The van der Waals surface area contributed by atoms with E-state index in [-0.39, 0.29) is 11.0 Å². The van der Waals surface area contributed by atoms with Crippen LogP contribution in [0.5, 0.6) is 0 Å². The average Bonchev–Trinajstić information content (AvgIpc) is 2.29. The van der Waals surface area contributed by atoms with Gasteiger partial charge < -0.3 is 5.32 Å². The van der Waals surface area contributed by atoms with Crippen LogP contribution in [-0.2, 0) is 9.84 Å². The van der Waals surface area contributed by atoms with Gasteiger partial charge in [0.05, 0.1) is 22.6 Å². The first-order valence-corrected chi connectivity index (χ1v) is 7.13. The van der Waals surface area contributed by atoms with Gasteiger partial charge in [-0.2, -0.15) is 5.26 Å². The third-order valence-electron chi connectivity index (χ3n) is 2.45. The van der Waals surface area contributed by atoms with Crippen molar-refractivity contribution in [2.45, 2.75) is 19.1 Å². The zero-order valence-electron chi connectivity index (χ0n) is 9.97. The van der Waals surface area contributed by atoms with E-state index in [0.717, 1.165) is 5.69 Å². The lowest BCUT2D eigenvalue weighted by molar-refractivity contribution is 0.588. The second-order valence-electron chi connectivity index (χ2n) is 4.03. The number of benzene rings is 1. The zero-order valence-corrected chi connectivity index (χ0v) is 10.8. The molecule has 1 aromatic carbocycles. The van der Waals surface area contributed by atoms with E-state index in [0.29, 0.717) is 12.1 Å². The van der Waals surface area contributed by atoms with Crippen LogP contribution in [0.1, 0.15) is 19.4 Å². The highest BCUT2D eigenvalue weighted by Gasteiger charge is 2.14. The first-order chi connectivity index (χ1) is 7.95.